The van der Waals surface area contributed by atoms with Gasteiger partial charge >= 0.3 is 0 Å². The lowest BCUT2D eigenvalue weighted by molar-refractivity contribution is 0.483. The Morgan fingerprint density at radius 1 is 0.578 bits per heavy atom. The van der Waals surface area contributed by atoms with Gasteiger partial charge in [0.15, 0.2) is 0 Å². The van der Waals surface area contributed by atoms with E-state index in [4.69, 9.17) is 25.3 Å². The zero-order chi connectivity index (χ0) is 64.1. The highest BCUT2D eigenvalue weighted by molar-refractivity contribution is 6.11. The minimum atomic E-state index is -3.22. The molecule has 310 valence electrons. The summed E-state index contributed by atoms with van der Waals surface area (Å²) in [5.74, 6) is -1.78. The van der Waals surface area contributed by atoms with E-state index in [0.717, 1.165) is 21.8 Å². The molecule has 2 aromatic heterocycles. The molecule has 11 rings (SSSR count). The number of nitrogens with zero attached hydrogens (tertiary/aromatic N) is 4. The molecule has 0 unspecified atom stereocenters. The quantitative estimate of drug-likeness (QED) is 0.152. The second kappa shape index (κ2) is 15.8. The molecule has 0 bridgehead atoms. The first-order chi connectivity index (χ1) is 41.2. The molecule has 8 aromatic carbocycles. The van der Waals surface area contributed by atoms with Gasteiger partial charge in [-0.1, -0.05) is 148 Å². The zero-order valence-corrected chi connectivity index (χ0v) is 34.4. The van der Waals surface area contributed by atoms with Crippen LogP contribution in [0.4, 0.5) is 22.7 Å². The van der Waals surface area contributed by atoms with Crippen LogP contribution in [0.25, 0.3) is 61.0 Å². The van der Waals surface area contributed by atoms with Crippen molar-refractivity contribution in [2.45, 2.75) is 33.0 Å². The van der Waals surface area contributed by atoms with Gasteiger partial charge in [-0.05, 0) is 106 Å². The van der Waals surface area contributed by atoms with Crippen LogP contribution >= 0.6 is 0 Å². The molecule has 0 N–H and O–H groups in total. The number of ether oxygens (including phenoxy) is 1. The molecule has 1 aliphatic heterocycles. The summed E-state index contributed by atoms with van der Waals surface area (Å²) in [5, 5.41) is -0.874. The van der Waals surface area contributed by atoms with Crippen LogP contribution in [0, 0.1) is 6.85 Å². The lowest BCUT2D eigenvalue weighted by atomic mass is 9.85. The number of hydrogen-bond acceptors (Lipinski definition) is 4. The van der Waals surface area contributed by atoms with Gasteiger partial charge in [-0.2, -0.15) is 0 Å². The second-order valence-electron chi connectivity index (χ2n) is 15.9. The highest BCUT2D eigenvalue weighted by Crippen LogP contribution is 2.50. The van der Waals surface area contributed by atoms with Gasteiger partial charge in [-0.25, -0.2) is 4.98 Å². The Morgan fingerprint density at radius 3 is 2.09 bits per heavy atom. The number of benzene rings is 8. The number of pyridine rings is 1. The first-order valence-corrected chi connectivity index (χ1v) is 20.1. The molecule has 5 heteroatoms. The maximum atomic E-state index is 9.65. The van der Waals surface area contributed by atoms with Crippen LogP contribution in [0.1, 0.15) is 64.8 Å². The Bertz CT molecular complexity index is 4650. The Labute approximate surface area is 408 Å². The average Bonchev–Trinajstić information content (AvgIpc) is 1.65. The van der Waals surface area contributed by atoms with Crippen LogP contribution in [0.5, 0.6) is 11.5 Å². The minimum absolute atomic E-state index is 0.0325. The largest absolute Gasteiger partial charge is 0.457 e. The maximum absolute atomic E-state index is 9.65. The molecule has 64 heavy (non-hydrogen) atoms. The zero-order valence-electron chi connectivity index (χ0n) is 58.4. The van der Waals surface area contributed by atoms with Crippen LogP contribution in [0.15, 0.2) is 206 Å². The summed E-state index contributed by atoms with van der Waals surface area (Å²) < 4.78 is 220. The number of aromatic nitrogens is 2. The number of para-hydroxylation sites is 3. The smallest absolute Gasteiger partial charge is 0.137 e. The fraction of sp³-hybridized carbons (Fsp3) is 0.102. The third-order valence-corrected chi connectivity index (χ3v) is 10.9. The lowest BCUT2D eigenvalue weighted by Crippen LogP contribution is -2.25. The van der Waals surface area contributed by atoms with Crippen molar-refractivity contribution in [3.8, 4) is 50.7 Å². The highest BCUT2D eigenvalue weighted by Gasteiger charge is 2.31. The Morgan fingerprint density at radius 2 is 1.31 bits per heavy atom. The molecule has 0 spiro atoms. The Kier molecular flexibility index (Phi) is 5.18. The number of fused-ring (bicyclic) bond motifs is 4. The van der Waals surface area contributed by atoms with E-state index < -0.39 is 184 Å². The molecule has 3 heterocycles. The first-order valence-electron chi connectivity index (χ1n) is 32.1. The molecule has 0 atom stereocenters. The molecule has 0 saturated carbocycles. The van der Waals surface area contributed by atoms with Gasteiger partial charge in [-0.3, -0.25) is 4.57 Å². The second-order valence-corrected chi connectivity index (χ2v) is 15.9. The summed E-state index contributed by atoms with van der Waals surface area (Å²) in [4.78, 5) is 7.59. The van der Waals surface area contributed by atoms with Crippen LogP contribution in [0.2, 0.25) is 0 Å². The van der Waals surface area contributed by atoms with E-state index in [9.17, 15) is 12.3 Å². The standard InChI is InChI=1S/C59H48N4O/c1-40-32-33-60-57(34-40)63-53-31-28-43(41-16-7-5-8-17-41)36-52(53)51-30-29-48(38-56(51)63)64-47-23-14-22-46(37-47)61-39-62(55-27-12-11-26-54(55)61)58-49(42-18-9-6-10-19-42)24-15-25-50(58)44-20-13-21-45(35-44)59(2,3)4/h5-38H,39H2,1-4H3/i1D3,5D,6D,7D,8D,9D,10D,14D,16D,17D,18D,19D,22D,23D,28D,29D,30D,31D,32D,33D,34D,36D. The predicted molar refractivity (Wildman–Crippen MR) is 267 cm³/mol. The summed E-state index contributed by atoms with van der Waals surface area (Å²) >= 11 is 0. The molecule has 0 radical (unpaired) electrons. The van der Waals surface area contributed by atoms with Gasteiger partial charge in [0.2, 0.25) is 0 Å². The number of anilines is 4. The summed E-state index contributed by atoms with van der Waals surface area (Å²) in [6.07, 6.45) is -0.957. The van der Waals surface area contributed by atoms with E-state index in [2.05, 4.69) is 25.8 Å². The van der Waals surface area contributed by atoms with E-state index in [1.807, 2.05) is 35.2 Å². The van der Waals surface area contributed by atoms with Crippen molar-refractivity contribution in [1.82, 2.24) is 9.55 Å². The number of hydrogen-bond donors (Lipinski definition) is 0. The highest BCUT2D eigenvalue weighted by atomic mass is 16.5. The van der Waals surface area contributed by atoms with Crippen molar-refractivity contribution >= 4 is 44.6 Å². The monoisotopic (exact) mass is 853 g/mol. The molecule has 1 aliphatic rings. The van der Waals surface area contributed by atoms with Gasteiger partial charge in [0.25, 0.3) is 0 Å². The topological polar surface area (TPSA) is 33.5 Å². The fourth-order valence-electron chi connectivity index (χ4n) is 7.94. The minimum Gasteiger partial charge on any atom is -0.457 e. The predicted octanol–water partition coefficient (Wildman–Crippen LogP) is 15.8. The van der Waals surface area contributed by atoms with E-state index in [1.54, 1.807) is 41.3 Å². The van der Waals surface area contributed by atoms with Gasteiger partial charge in [-0.15, -0.1) is 0 Å². The third-order valence-electron chi connectivity index (χ3n) is 10.9. The van der Waals surface area contributed by atoms with Crippen molar-refractivity contribution in [2.75, 3.05) is 16.5 Å². The average molecular weight is 853 g/mol. The molecule has 0 aliphatic carbocycles. The van der Waals surface area contributed by atoms with E-state index in [-0.39, 0.29) is 34.4 Å². The third kappa shape index (κ3) is 7.05. The molecular weight excluding hydrogens is 781 g/mol. The Balaban J connectivity index is 1.14. The molecule has 0 fully saturated rings. The summed E-state index contributed by atoms with van der Waals surface area (Å²) in [6, 6.07) is 7.75. The lowest BCUT2D eigenvalue weighted by Gasteiger charge is -2.28. The molecule has 0 saturated heterocycles. The molecule has 0 amide bonds. The van der Waals surface area contributed by atoms with Crippen molar-refractivity contribution in [3.05, 3.63) is 217 Å². The van der Waals surface area contributed by atoms with E-state index in [0.29, 0.717) is 22.6 Å². The maximum Gasteiger partial charge on any atom is 0.137 e. The molecule has 5 nitrogen and oxygen atoms in total. The SMILES string of the molecule is [2H]c1nc(-n2c3cc(Oc4cc(N5CN(c6c(-c7cccc(C(C)(C)C)c7)cccc6-c6c([2H])c([2H])c([2H])c([2H])c6[2H])c6ccccc65)c([2H])c([2H])c4[2H])c([2H])c([2H])c3c3c([2H])c(-c4c([2H])c([2H])c([2H])c([2H])c4[2H])c([2H])c([2H])c32)c([2H])c(C([2H])([2H])[2H])c1[2H]. The Hall–Kier alpha value is -7.89. The van der Waals surface area contributed by atoms with E-state index in [1.165, 1.54) is 6.07 Å². The summed E-state index contributed by atoms with van der Waals surface area (Å²) in [7, 11) is 0. The van der Waals surface area contributed by atoms with Crippen molar-refractivity contribution in [3.63, 3.8) is 0 Å². The van der Waals surface area contributed by atoms with Gasteiger partial charge < -0.3 is 14.5 Å². The van der Waals surface area contributed by atoms with Crippen molar-refractivity contribution in [2.24, 2.45) is 0 Å². The fourth-order valence-corrected chi connectivity index (χ4v) is 7.94. The number of rotatable bonds is 8. The van der Waals surface area contributed by atoms with Crippen LogP contribution < -0.4 is 14.5 Å². The summed E-state index contributed by atoms with van der Waals surface area (Å²) in [5.41, 5.74) is 0.341. The molecule has 10 aromatic rings. The normalized spacial score (nSPS) is 18.0. The van der Waals surface area contributed by atoms with E-state index >= 15 is 0 Å². The molecular formula is C59H48N4O. The first kappa shape index (κ1) is 21.0. The van der Waals surface area contributed by atoms with Crippen molar-refractivity contribution < 1.29 is 37.6 Å². The van der Waals surface area contributed by atoms with Crippen molar-refractivity contribution in [1.29, 1.82) is 0 Å². The van der Waals surface area contributed by atoms with Crippen LogP contribution in [-0.2, 0) is 5.41 Å². The van der Waals surface area contributed by atoms with Crippen LogP contribution in [-0.4, -0.2) is 16.2 Å². The van der Waals surface area contributed by atoms with Gasteiger partial charge in [0, 0.05) is 50.0 Å². The van der Waals surface area contributed by atoms with Gasteiger partial charge in [0.05, 0.1) is 56.9 Å². The summed E-state index contributed by atoms with van der Waals surface area (Å²) in [6.45, 7) is 2.79. The van der Waals surface area contributed by atoms with Gasteiger partial charge in [0.1, 0.15) is 24.0 Å². The van der Waals surface area contributed by atoms with Crippen LogP contribution in [0.3, 0.4) is 0 Å².